The van der Waals surface area contributed by atoms with E-state index in [4.69, 9.17) is 9.84 Å². The first-order valence-electron chi connectivity index (χ1n) is 4.98. The van der Waals surface area contributed by atoms with Crippen molar-refractivity contribution in [3.8, 4) is 0 Å². The second kappa shape index (κ2) is 6.18. The van der Waals surface area contributed by atoms with Gasteiger partial charge in [-0.05, 0) is 6.92 Å². The fraction of sp³-hybridized carbons (Fsp3) is 0.556. The summed E-state index contributed by atoms with van der Waals surface area (Å²) in [4.78, 5) is 15.8. The molecule has 2 N–H and O–H groups in total. The number of esters is 1. The SMILES string of the molecule is CCOC(=O)Cn1nc(N(O)OC)cc1CO. The molecule has 1 rings (SSSR count). The first-order chi connectivity index (χ1) is 8.12. The lowest BCUT2D eigenvalue weighted by molar-refractivity contribution is -0.144. The zero-order valence-corrected chi connectivity index (χ0v) is 9.66. The molecule has 0 atom stereocenters. The lowest BCUT2D eigenvalue weighted by Gasteiger charge is -2.08. The lowest BCUT2D eigenvalue weighted by atomic mass is 10.4. The molecule has 0 aliphatic rings. The number of aliphatic hydroxyl groups excluding tert-OH is 1. The van der Waals surface area contributed by atoms with Gasteiger partial charge in [-0.2, -0.15) is 0 Å². The Labute approximate surface area is 97.9 Å². The first kappa shape index (κ1) is 13.4. The van der Waals surface area contributed by atoms with Gasteiger partial charge in [-0.25, -0.2) is 0 Å². The normalized spacial score (nSPS) is 10.4. The maximum atomic E-state index is 11.3. The van der Waals surface area contributed by atoms with Crippen LogP contribution in [0.3, 0.4) is 0 Å². The fourth-order valence-electron chi connectivity index (χ4n) is 1.22. The molecular weight excluding hydrogens is 230 g/mol. The van der Waals surface area contributed by atoms with Crippen molar-refractivity contribution in [3.05, 3.63) is 11.8 Å². The fourth-order valence-corrected chi connectivity index (χ4v) is 1.22. The Balaban J connectivity index is 2.83. The van der Waals surface area contributed by atoms with Gasteiger partial charge >= 0.3 is 5.97 Å². The number of anilines is 1. The van der Waals surface area contributed by atoms with E-state index < -0.39 is 5.97 Å². The number of aliphatic hydroxyl groups is 1. The van der Waals surface area contributed by atoms with E-state index >= 15 is 0 Å². The van der Waals surface area contributed by atoms with Crippen LogP contribution in [0.25, 0.3) is 0 Å². The van der Waals surface area contributed by atoms with Gasteiger partial charge in [0.25, 0.3) is 0 Å². The van der Waals surface area contributed by atoms with Crippen molar-refractivity contribution in [2.45, 2.75) is 20.1 Å². The number of ether oxygens (including phenoxy) is 1. The largest absolute Gasteiger partial charge is 0.465 e. The molecule has 0 saturated heterocycles. The van der Waals surface area contributed by atoms with E-state index in [9.17, 15) is 10.0 Å². The van der Waals surface area contributed by atoms with Crippen molar-refractivity contribution in [3.63, 3.8) is 0 Å². The number of rotatable bonds is 6. The predicted octanol–water partition coefficient (Wildman–Crippen LogP) is -0.305. The van der Waals surface area contributed by atoms with Gasteiger partial charge in [0.15, 0.2) is 0 Å². The second-order valence-corrected chi connectivity index (χ2v) is 3.07. The average molecular weight is 245 g/mol. The van der Waals surface area contributed by atoms with Gasteiger partial charge in [0.2, 0.25) is 5.82 Å². The topological polar surface area (TPSA) is 97.1 Å². The third-order valence-corrected chi connectivity index (χ3v) is 1.97. The molecule has 0 amide bonds. The quantitative estimate of drug-likeness (QED) is 0.524. The molecule has 0 radical (unpaired) electrons. The van der Waals surface area contributed by atoms with Crippen molar-refractivity contribution < 1.29 is 24.7 Å². The van der Waals surface area contributed by atoms with Crippen LogP contribution in [0, 0.1) is 0 Å². The molecule has 0 bridgehead atoms. The van der Waals surface area contributed by atoms with Crippen molar-refractivity contribution in [2.75, 3.05) is 18.9 Å². The number of aromatic nitrogens is 2. The molecule has 1 aromatic rings. The molecule has 8 nitrogen and oxygen atoms in total. The highest BCUT2D eigenvalue weighted by Gasteiger charge is 2.14. The summed E-state index contributed by atoms with van der Waals surface area (Å²) in [5.41, 5.74) is 0.365. The van der Waals surface area contributed by atoms with Crippen LogP contribution < -0.4 is 5.23 Å². The summed E-state index contributed by atoms with van der Waals surface area (Å²) >= 11 is 0. The van der Waals surface area contributed by atoms with Gasteiger partial charge in [-0.3, -0.25) is 19.5 Å². The van der Waals surface area contributed by atoms with E-state index in [1.165, 1.54) is 17.9 Å². The van der Waals surface area contributed by atoms with Gasteiger partial charge in [-0.15, -0.1) is 10.3 Å². The summed E-state index contributed by atoms with van der Waals surface area (Å²) in [5, 5.41) is 22.6. The number of nitrogens with zero attached hydrogens (tertiary/aromatic N) is 3. The minimum Gasteiger partial charge on any atom is -0.465 e. The minimum absolute atomic E-state index is 0.0702. The van der Waals surface area contributed by atoms with Gasteiger partial charge < -0.3 is 9.84 Å². The maximum Gasteiger partial charge on any atom is 0.327 e. The summed E-state index contributed by atoms with van der Waals surface area (Å²) < 4.78 is 5.98. The first-order valence-corrected chi connectivity index (χ1v) is 4.98. The summed E-state index contributed by atoms with van der Waals surface area (Å²) in [5.74, 6) is -0.403. The van der Waals surface area contributed by atoms with E-state index in [2.05, 4.69) is 9.94 Å². The van der Waals surface area contributed by atoms with Crippen LogP contribution in [0.2, 0.25) is 0 Å². The molecule has 0 fully saturated rings. The van der Waals surface area contributed by atoms with Crippen LogP contribution in [0.4, 0.5) is 5.82 Å². The van der Waals surface area contributed by atoms with Crippen molar-refractivity contribution >= 4 is 11.8 Å². The summed E-state index contributed by atoms with van der Waals surface area (Å²) in [7, 11) is 1.25. The molecule has 0 aliphatic carbocycles. The van der Waals surface area contributed by atoms with Crippen molar-refractivity contribution in [2.24, 2.45) is 0 Å². The third kappa shape index (κ3) is 3.41. The van der Waals surface area contributed by atoms with Crippen LogP contribution in [0.15, 0.2) is 6.07 Å². The maximum absolute atomic E-state index is 11.3. The van der Waals surface area contributed by atoms with Gasteiger partial charge in [-0.1, -0.05) is 0 Å². The molecule has 0 unspecified atom stereocenters. The Bertz CT molecular complexity index is 379. The summed E-state index contributed by atoms with van der Waals surface area (Å²) in [6.45, 7) is 1.51. The number of carbonyl (C=O) groups excluding carboxylic acids is 1. The second-order valence-electron chi connectivity index (χ2n) is 3.07. The highest BCUT2D eigenvalue weighted by atomic mass is 16.9. The van der Waals surface area contributed by atoms with E-state index in [1.807, 2.05) is 0 Å². The van der Waals surface area contributed by atoms with E-state index in [1.54, 1.807) is 6.92 Å². The van der Waals surface area contributed by atoms with E-state index in [-0.39, 0.29) is 25.6 Å². The van der Waals surface area contributed by atoms with Crippen LogP contribution in [0.1, 0.15) is 12.6 Å². The van der Waals surface area contributed by atoms with Gasteiger partial charge in [0.1, 0.15) is 6.54 Å². The average Bonchev–Trinajstić information content (AvgIpc) is 2.71. The molecule has 8 heteroatoms. The zero-order chi connectivity index (χ0) is 12.8. The molecule has 96 valence electrons. The smallest absolute Gasteiger partial charge is 0.327 e. The van der Waals surface area contributed by atoms with Crippen LogP contribution in [-0.2, 0) is 27.5 Å². The van der Waals surface area contributed by atoms with Crippen LogP contribution in [0.5, 0.6) is 0 Å². The van der Waals surface area contributed by atoms with E-state index in [0.29, 0.717) is 10.9 Å². The molecule has 0 saturated carbocycles. The molecule has 17 heavy (non-hydrogen) atoms. The highest BCUT2D eigenvalue weighted by molar-refractivity contribution is 5.69. The molecular formula is C9H15N3O5. The Morgan fingerprint density at radius 2 is 2.35 bits per heavy atom. The highest BCUT2D eigenvalue weighted by Crippen LogP contribution is 2.13. The molecule has 1 aromatic heterocycles. The van der Waals surface area contributed by atoms with Crippen molar-refractivity contribution in [1.82, 2.24) is 9.78 Å². The Hall–Kier alpha value is -1.64. The molecule has 0 spiro atoms. The van der Waals surface area contributed by atoms with E-state index in [0.717, 1.165) is 0 Å². The minimum atomic E-state index is -0.473. The van der Waals surface area contributed by atoms with Crippen LogP contribution >= 0.6 is 0 Å². The van der Waals surface area contributed by atoms with Gasteiger partial charge in [0.05, 0.1) is 26.0 Å². The lowest BCUT2D eigenvalue weighted by Crippen LogP contribution is -2.19. The number of hydrogen-bond donors (Lipinski definition) is 2. The van der Waals surface area contributed by atoms with Crippen molar-refractivity contribution in [1.29, 1.82) is 0 Å². The number of hydrogen-bond acceptors (Lipinski definition) is 7. The molecule has 1 heterocycles. The Kier molecular flexibility index (Phi) is 4.88. The monoisotopic (exact) mass is 245 g/mol. The number of carbonyl (C=O) groups is 1. The van der Waals surface area contributed by atoms with Gasteiger partial charge in [0, 0.05) is 6.07 Å². The Morgan fingerprint density at radius 1 is 1.65 bits per heavy atom. The third-order valence-electron chi connectivity index (χ3n) is 1.97. The summed E-state index contributed by atoms with van der Waals surface area (Å²) in [6, 6.07) is 1.39. The standard InChI is InChI=1S/C9H15N3O5/c1-3-17-9(14)5-11-7(6-13)4-8(10-11)12(15)16-2/h4,13,15H,3,5-6H2,1-2H3. The van der Waals surface area contributed by atoms with Crippen LogP contribution in [-0.4, -0.2) is 39.8 Å². The Morgan fingerprint density at radius 3 is 2.88 bits per heavy atom. The summed E-state index contributed by atoms with van der Waals surface area (Å²) in [6.07, 6.45) is 0. The molecule has 0 aromatic carbocycles. The molecule has 0 aliphatic heterocycles. The zero-order valence-electron chi connectivity index (χ0n) is 9.66. The predicted molar refractivity (Wildman–Crippen MR) is 56.1 cm³/mol.